The van der Waals surface area contributed by atoms with Gasteiger partial charge in [0.05, 0.1) is 6.54 Å². The first kappa shape index (κ1) is 12.7. The van der Waals surface area contributed by atoms with E-state index < -0.39 is 0 Å². The van der Waals surface area contributed by atoms with Gasteiger partial charge in [0.1, 0.15) is 18.2 Å². The summed E-state index contributed by atoms with van der Waals surface area (Å²) in [6.45, 7) is 7.87. The second-order valence-electron chi connectivity index (χ2n) is 4.71. The first-order valence-electron chi connectivity index (χ1n) is 6.38. The van der Waals surface area contributed by atoms with Gasteiger partial charge in [-0.25, -0.2) is 4.98 Å². The van der Waals surface area contributed by atoms with Crippen molar-refractivity contribution in [1.82, 2.24) is 9.55 Å². The predicted molar refractivity (Wildman–Crippen MR) is 73.0 cm³/mol. The zero-order valence-corrected chi connectivity index (χ0v) is 11.3. The van der Waals surface area contributed by atoms with Crippen LogP contribution in [0.5, 0.6) is 5.75 Å². The number of aromatic nitrogens is 2. The standard InChI is InChI=1S/C15H20N2O/c1-12(2)14-6-4-5-7-15(14)18-11-10-17-9-8-16-13(17)3/h4-9,12H,10-11H2,1-3H3. The molecule has 1 heterocycles. The zero-order valence-electron chi connectivity index (χ0n) is 11.3. The van der Waals surface area contributed by atoms with Crippen LogP contribution >= 0.6 is 0 Å². The summed E-state index contributed by atoms with van der Waals surface area (Å²) in [6.07, 6.45) is 3.80. The number of rotatable bonds is 5. The highest BCUT2D eigenvalue weighted by Gasteiger charge is 2.06. The summed E-state index contributed by atoms with van der Waals surface area (Å²) >= 11 is 0. The van der Waals surface area contributed by atoms with Crippen molar-refractivity contribution in [2.75, 3.05) is 6.61 Å². The molecular weight excluding hydrogens is 224 g/mol. The van der Waals surface area contributed by atoms with Crippen LogP contribution in [0.2, 0.25) is 0 Å². The maximum atomic E-state index is 5.88. The number of hydrogen-bond donors (Lipinski definition) is 0. The van der Waals surface area contributed by atoms with E-state index in [9.17, 15) is 0 Å². The molecule has 0 aliphatic rings. The van der Waals surface area contributed by atoms with E-state index in [0.717, 1.165) is 18.1 Å². The Labute approximate surface area is 108 Å². The van der Waals surface area contributed by atoms with Crippen molar-refractivity contribution < 1.29 is 4.74 Å². The lowest BCUT2D eigenvalue weighted by molar-refractivity contribution is 0.293. The van der Waals surface area contributed by atoms with Crippen LogP contribution in [-0.2, 0) is 6.54 Å². The summed E-state index contributed by atoms with van der Waals surface area (Å²) in [7, 11) is 0. The van der Waals surface area contributed by atoms with E-state index in [1.165, 1.54) is 5.56 Å². The van der Waals surface area contributed by atoms with Crippen LogP contribution in [0.4, 0.5) is 0 Å². The van der Waals surface area contributed by atoms with Crippen LogP contribution in [0, 0.1) is 6.92 Å². The van der Waals surface area contributed by atoms with Crippen LogP contribution in [0.1, 0.15) is 31.2 Å². The summed E-state index contributed by atoms with van der Waals surface area (Å²) in [5.41, 5.74) is 1.26. The molecular formula is C15H20N2O. The number of benzene rings is 1. The number of aryl methyl sites for hydroxylation is 1. The normalized spacial score (nSPS) is 10.9. The van der Waals surface area contributed by atoms with E-state index >= 15 is 0 Å². The number of nitrogens with zero attached hydrogens (tertiary/aromatic N) is 2. The average Bonchev–Trinajstić information content (AvgIpc) is 2.76. The van der Waals surface area contributed by atoms with Crippen molar-refractivity contribution in [1.29, 1.82) is 0 Å². The van der Waals surface area contributed by atoms with Crippen molar-refractivity contribution >= 4 is 0 Å². The lowest BCUT2D eigenvalue weighted by Crippen LogP contribution is -2.09. The first-order valence-corrected chi connectivity index (χ1v) is 6.38. The summed E-state index contributed by atoms with van der Waals surface area (Å²) in [5, 5.41) is 0. The molecule has 0 amide bonds. The molecule has 0 aliphatic carbocycles. The first-order chi connectivity index (χ1) is 8.68. The van der Waals surface area contributed by atoms with Crippen molar-refractivity contribution in [3.8, 4) is 5.75 Å². The van der Waals surface area contributed by atoms with E-state index in [1.54, 1.807) is 0 Å². The smallest absolute Gasteiger partial charge is 0.122 e. The molecule has 0 spiro atoms. The fourth-order valence-electron chi connectivity index (χ4n) is 1.98. The topological polar surface area (TPSA) is 27.1 Å². The highest BCUT2D eigenvalue weighted by Crippen LogP contribution is 2.25. The Morgan fingerprint density at radius 3 is 2.72 bits per heavy atom. The van der Waals surface area contributed by atoms with E-state index in [0.29, 0.717) is 12.5 Å². The molecule has 0 atom stereocenters. The lowest BCUT2D eigenvalue weighted by Gasteiger charge is -2.14. The second-order valence-corrected chi connectivity index (χ2v) is 4.71. The monoisotopic (exact) mass is 244 g/mol. The molecule has 3 heteroatoms. The molecule has 0 saturated carbocycles. The SMILES string of the molecule is Cc1nccn1CCOc1ccccc1C(C)C. The van der Waals surface area contributed by atoms with Gasteiger partial charge in [-0.05, 0) is 24.5 Å². The third-order valence-corrected chi connectivity index (χ3v) is 3.05. The Morgan fingerprint density at radius 1 is 1.28 bits per heavy atom. The summed E-state index contributed by atoms with van der Waals surface area (Å²) in [6, 6.07) is 8.24. The maximum absolute atomic E-state index is 5.88. The van der Waals surface area contributed by atoms with Crippen molar-refractivity contribution in [3.05, 3.63) is 48.0 Å². The van der Waals surface area contributed by atoms with Gasteiger partial charge in [0, 0.05) is 12.4 Å². The Bertz CT molecular complexity index is 503. The van der Waals surface area contributed by atoms with Crippen LogP contribution in [0.25, 0.3) is 0 Å². The molecule has 0 radical (unpaired) electrons. The van der Waals surface area contributed by atoms with E-state index in [-0.39, 0.29) is 0 Å². The van der Waals surface area contributed by atoms with Gasteiger partial charge in [0.15, 0.2) is 0 Å². The molecule has 2 aromatic rings. The summed E-state index contributed by atoms with van der Waals surface area (Å²) in [4.78, 5) is 4.20. The number of imidazole rings is 1. The maximum Gasteiger partial charge on any atom is 0.122 e. The number of ether oxygens (including phenoxy) is 1. The second kappa shape index (κ2) is 5.71. The Kier molecular flexibility index (Phi) is 4.03. The minimum absolute atomic E-state index is 0.483. The molecule has 2 rings (SSSR count). The van der Waals surface area contributed by atoms with Gasteiger partial charge >= 0.3 is 0 Å². The quantitative estimate of drug-likeness (QED) is 0.806. The van der Waals surface area contributed by atoms with Gasteiger partial charge in [-0.3, -0.25) is 0 Å². The molecule has 0 fully saturated rings. The highest BCUT2D eigenvalue weighted by atomic mass is 16.5. The van der Waals surface area contributed by atoms with Crippen molar-refractivity contribution in [2.45, 2.75) is 33.2 Å². The molecule has 3 nitrogen and oxygen atoms in total. The molecule has 0 aliphatic heterocycles. The molecule has 0 bridgehead atoms. The highest BCUT2D eigenvalue weighted by molar-refractivity contribution is 5.35. The fraction of sp³-hybridized carbons (Fsp3) is 0.400. The van der Waals surface area contributed by atoms with E-state index in [4.69, 9.17) is 4.74 Å². The van der Waals surface area contributed by atoms with Crippen LogP contribution < -0.4 is 4.74 Å². The van der Waals surface area contributed by atoms with Gasteiger partial charge < -0.3 is 9.30 Å². The third kappa shape index (κ3) is 2.92. The average molecular weight is 244 g/mol. The van der Waals surface area contributed by atoms with Gasteiger partial charge in [-0.15, -0.1) is 0 Å². The molecule has 0 unspecified atom stereocenters. The predicted octanol–water partition coefficient (Wildman–Crippen LogP) is 3.39. The van der Waals surface area contributed by atoms with Crippen molar-refractivity contribution in [3.63, 3.8) is 0 Å². The molecule has 0 N–H and O–H groups in total. The van der Waals surface area contributed by atoms with Gasteiger partial charge in [-0.2, -0.15) is 0 Å². The van der Waals surface area contributed by atoms with Crippen LogP contribution in [0.3, 0.4) is 0 Å². The Hall–Kier alpha value is -1.77. The van der Waals surface area contributed by atoms with Crippen molar-refractivity contribution in [2.24, 2.45) is 0 Å². The Morgan fingerprint density at radius 2 is 2.06 bits per heavy atom. The number of hydrogen-bond acceptors (Lipinski definition) is 2. The fourth-order valence-corrected chi connectivity index (χ4v) is 1.98. The zero-order chi connectivity index (χ0) is 13.0. The minimum Gasteiger partial charge on any atom is -0.491 e. The van der Waals surface area contributed by atoms with Gasteiger partial charge in [-0.1, -0.05) is 32.0 Å². The number of para-hydroxylation sites is 1. The van der Waals surface area contributed by atoms with Gasteiger partial charge in [0.2, 0.25) is 0 Å². The molecule has 1 aromatic heterocycles. The molecule has 0 saturated heterocycles. The Balaban J connectivity index is 1.96. The van der Waals surface area contributed by atoms with E-state index in [1.807, 2.05) is 31.5 Å². The minimum atomic E-state index is 0.483. The molecule has 96 valence electrons. The third-order valence-electron chi connectivity index (χ3n) is 3.05. The lowest BCUT2D eigenvalue weighted by atomic mass is 10.0. The van der Waals surface area contributed by atoms with Gasteiger partial charge in [0.25, 0.3) is 0 Å². The summed E-state index contributed by atoms with van der Waals surface area (Å²) < 4.78 is 7.97. The largest absolute Gasteiger partial charge is 0.491 e. The molecule has 1 aromatic carbocycles. The van der Waals surface area contributed by atoms with Crippen LogP contribution in [-0.4, -0.2) is 16.2 Å². The van der Waals surface area contributed by atoms with E-state index in [2.05, 4.69) is 35.5 Å². The van der Waals surface area contributed by atoms with Crippen LogP contribution in [0.15, 0.2) is 36.7 Å². The summed E-state index contributed by atoms with van der Waals surface area (Å²) in [5.74, 6) is 2.50. The molecule has 18 heavy (non-hydrogen) atoms.